The fourth-order valence-electron chi connectivity index (χ4n) is 2.07. The number of hydrogen-bond acceptors (Lipinski definition) is 4. The van der Waals surface area contributed by atoms with Crippen molar-refractivity contribution in [3.63, 3.8) is 0 Å². The van der Waals surface area contributed by atoms with Crippen molar-refractivity contribution in [3.8, 4) is 0 Å². The molecule has 6 nitrogen and oxygen atoms in total. The first kappa shape index (κ1) is 14.2. The fourth-order valence-corrected chi connectivity index (χ4v) is 3.31. The molecule has 0 saturated heterocycles. The summed E-state index contributed by atoms with van der Waals surface area (Å²) in [5.41, 5.74) is 1.67. The number of aromatic nitrogens is 3. The summed E-state index contributed by atoms with van der Waals surface area (Å²) in [6.07, 6.45) is 3.37. The molecule has 110 valence electrons. The zero-order valence-corrected chi connectivity index (χ0v) is 12.6. The maximum absolute atomic E-state index is 11.7. The Morgan fingerprint density at radius 3 is 2.62 bits per heavy atom. The normalized spacial score (nSPS) is 17.4. The monoisotopic (exact) mass is 324 g/mol. The van der Waals surface area contributed by atoms with Crippen molar-refractivity contribution < 1.29 is 8.42 Å². The van der Waals surface area contributed by atoms with Crippen LogP contribution < -0.4 is 0 Å². The van der Waals surface area contributed by atoms with Gasteiger partial charge in [0.25, 0.3) is 0 Å². The summed E-state index contributed by atoms with van der Waals surface area (Å²) in [7, 11) is -3.28. The van der Waals surface area contributed by atoms with Crippen LogP contribution in [-0.2, 0) is 23.1 Å². The van der Waals surface area contributed by atoms with E-state index >= 15 is 0 Å². The standard InChI is InChI=1S/C13H13ClN4O2S/c14-12-4-2-11(3-5-12)8-17-9-13(15-16-17)10-18-6-1-7-21(18,19)20/h1-5,7,9H,6,8,10H2. The van der Waals surface area contributed by atoms with E-state index in [0.29, 0.717) is 23.8 Å². The van der Waals surface area contributed by atoms with Gasteiger partial charge in [0.15, 0.2) is 0 Å². The van der Waals surface area contributed by atoms with Gasteiger partial charge in [-0.05, 0) is 17.7 Å². The molecule has 1 aromatic heterocycles. The molecule has 0 atom stereocenters. The molecule has 0 fully saturated rings. The number of halogens is 1. The van der Waals surface area contributed by atoms with E-state index in [0.717, 1.165) is 5.56 Å². The molecule has 2 aromatic rings. The van der Waals surface area contributed by atoms with E-state index in [1.165, 1.54) is 9.71 Å². The van der Waals surface area contributed by atoms with Crippen molar-refractivity contribution in [1.82, 2.24) is 19.3 Å². The van der Waals surface area contributed by atoms with E-state index in [9.17, 15) is 8.42 Å². The minimum Gasteiger partial charge on any atom is -0.248 e. The van der Waals surface area contributed by atoms with E-state index in [1.807, 2.05) is 24.3 Å². The summed E-state index contributed by atoms with van der Waals surface area (Å²) in [5.74, 6) is 0. The lowest BCUT2D eigenvalue weighted by molar-refractivity contribution is 0.449. The van der Waals surface area contributed by atoms with E-state index in [1.54, 1.807) is 17.0 Å². The van der Waals surface area contributed by atoms with Crippen molar-refractivity contribution in [2.24, 2.45) is 0 Å². The minimum absolute atomic E-state index is 0.232. The van der Waals surface area contributed by atoms with E-state index in [2.05, 4.69) is 10.3 Å². The van der Waals surface area contributed by atoms with Crippen LogP contribution in [-0.4, -0.2) is 34.3 Å². The molecule has 8 heteroatoms. The lowest BCUT2D eigenvalue weighted by Gasteiger charge is -2.11. The highest BCUT2D eigenvalue weighted by Gasteiger charge is 2.23. The molecule has 1 aromatic carbocycles. The molecule has 1 aliphatic rings. The van der Waals surface area contributed by atoms with Crippen LogP contribution in [0.4, 0.5) is 0 Å². The molecular formula is C13H13ClN4O2S. The maximum Gasteiger partial charge on any atom is 0.236 e. The van der Waals surface area contributed by atoms with Gasteiger partial charge in [0.05, 0.1) is 25.0 Å². The van der Waals surface area contributed by atoms with Gasteiger partial charge in [-0.3, -0.25) is 0 Å². The van der Waals surface area contributed by atoms with Crippen molar-refractivity contribution in [2.75, 3.05) is 6.54 Å². The molecule has 0 spiro atoms. The van der Waals surface area contributed by atoms with Crippen LogP contribution in [0, 0.1) is 0 Å². The lowest BCUT2D eigenvalue weighted by atomic mass is 10.2. The van der Waals surface area contributed by atoms with Gasteiger partial charge in [0.1, 0.15) is 0 Å². The van der Waals surface area contributed by atoms with Crippen LogP contribution in [0.2, 0.25) is 5.02 Å². The zero-order valence-electron chi connectivity index (χ0n) is 11.1. The second-order valence-electron chi connectivity index (χ2n) is 4.74. The molecule has 0 unspecified atom stereocenters. The van der Waals surface area contributed by atoms with Gasteiger partial charge >= 0.3 is 0 Å². The lowest BCUT2D eigenvalue weighted by Crippen LogP contribution is -2.24. The van der Waals surface area contributed by atoms with Crippen molar-refractivity contribution in [1.29, 1.82) is 0 Å². The van der Waals surface area contributed by atoms with Crippen LogP contribution in [0.25, 0.3) is 0 Å². The Kier molecular flexibility index (Phi) is 3.79. The summed E-state index contributed by atoms with van der Waals surface area (Å²) >= 11 is 5.84. The van der Waals surface area contributed by atoms with Crippen LogP contribution >= 0.6 is 11.6 Å². The first-order valence-electron chi connectivity index (χ1n) is 6.33. The molecule has 0 N–H and O–H groups in total. The van der Waals surface area contributed by atoms with Crippen LogP contribution in [0.5, 0.6) is 0 Å². The summed E-state index contributed by atoms with van der Waals surface area (Å²) < 4.78 is 26.4. The molecule has 21 heavy (non-hydrogen) atoms. The molecule has 0 aliphatic carbocycles. The topological polar surface area (TPSA) is 68.1 Å². The Bertz CT molecular complexity index is 768. The number of sulfonamides is 1. The van der Waals surface area contributed by atoms with Crippen LogP contribution in [0.3, 0.4) is 0 Å². The van der Waals surface area contributed by atoms with Gasteiger partial charge in [-0.15, -0.1) is 5.10 Å². The predicted octanol–water partition coefficient (Wildman–Crippen LogP) is 1.64. The first-order chi connectivity index (χ1) is 10.0. The largest absolute Gasteiger partial charge is 0.248 e. The van der Waals surface area contributed by atoms with Gasteiger partial charge < -0.3 is 0 Å². The van der Waals surface area contributed by atoms with E-state index in [-0.39, 0.29) is 6.54 Å². The first-order valence-corrected chi connectivity index (χ1v) is 8.21. The Labute approximate surface area is 127 Å². The van der Waals surface area contributed by atoms with Crippen LogP contribution in [0.15, 0.2) is 41.9 Å². The van der Waals surface area contributed by atoms with Crippen molar-refractivity contribution in [3.05, 3.63) is 58.2 Å². The van der Waals surface area contributed by atoms with Gasteiger partial charge in [-0.25, -0.2) is 13.1 Å². The smallest absolute Gasteiger partial charge is 0.236 e. The molecule has 0 amide bonds. The molecule has 1 aliphatic heterocycles. The third kappa shape index (κ3) is 3.31. The highest BCUT2D eigenvalue weighted by molar-refractivity contribution is 7.92. The number of nitrogens with zero attached hydrogens (tertiary/aromatic N) is 4. The van der Waals surface area contributed by atoms with E-state index in [4.69, 9.17) is 11.6 Å². The molecule has 0 saturated carbocycles. The average Bonchev–Trinajstić information content (AvgIpc) is 3.00. The zero-order chi connectivity index (χ0) is 14.9. The Balaban J connectivity index is 1.68. The Morgan fingerprint density at radius 2 is 1.95 bits per heavy atom. The van der Waals surface area contributed by atoms with Gasteiger partial charge in [-0.2, -0.15) is 4.31 Å². The second kappa shape index (κ2) is 5.59. The molecular weight excluding hydrogens is 312 g/mol. The highest BCUT2D eigenvalue weighted by Crippen LogP contribution is 2.15. The summed E-state index contributed by atoms with van der Waals surface area (Å²) in [6.45, 7) is 1.18. The Morgan fingerprint density at radius 1 is 1.19 bits per heavy atom. The van der Waals surface area contributed by atoms with Crippen molar-refractivity contribution >= 4 is 21.6 Å². The third-order valence-electron chi connectivity index (χ3n) is 3.12. The molecule has 0 bridgehead atoms. The third-order valence-corrected chi connectivity index (χ3v) is 4.91. The number of benzene rings is 1. The average molecular weight is 325 g/mol. The van der Waals surface area contributed by atoms with E-state index < -0.39 is 10.0 Å². The summed E-state index contributed by atoms with van der Waals surface area (Å²) in [6, 6.07) is 7.46. The molecule has 3 rings (SSSR count). The Hall–Kier alpha value is -1.70. The van der Waals surface area contributed by atoms with Gasteiger partial charge in [-0.1, -0.05) is 35.0 Å². The van der Waals surface area contributed by atoms with Gasteiger partial charge in [0.2, 0.25) is 10.0 Å². The number of rotatable bonds is 4. The molecule has 0 radical (unpaired) electrons. The quantitative estimate of drug-likeness (QED) is 0.857. The second-order valence-corrected chi connectivity index (χ2v) is 7.00. The fraction of sp³-hybridized carbons (Fsp3) is 0.231. The minimum atomic E-state index is -3.28. The summed E-state index contributed by atoms with van der Waals surface area (Å²) in [4.78, 5) is 0. The maximum atomic E-state index is 11.7. The SMILES string of the molecule is O=S1(=O)C=CCN1Cc1cn(Cc2ccc(Cl)cc2)nn1. The summed E-state index contributed by atoms with van der Waals surface area (Å²) in [5, 5.41) is 9.93. The van der Waals surface area contributed by atoms with Gasteiger partial charge in [0, 0.05) is 17.0 Å². The van der Waals surface area contributed by atoms with Crippen LogP contribution in [0.1, 0.15) is 11.3 Å². The highest BCUT2D eigenvalue weighted by atomic mass is 35.5. The predicted molar refractivity (Wildman–Crippen MR) is 79.0 cm³/mol. The molecule has 2 heterocycles. The van der Waals surface area contributed by atoms with Crippen molar-refractivity contribution in [2.45, 2.75) is 13.1 Å². The number of hydrogen-bond donors (Lipinski definition) is 0.